The monoisotopic (exact) mass is 301 g/mol. The lowest BCUT2D eigenvalue weighted by atomic mass is 10.1. The predicted octanol–water partition coefficient (Wildman–Crippen LogP) is 4.17. The number of carbonyl (C=O) groups excluding carboxylic acids is 2. The highest BCUT2D eigenvalue weighted by atomic mass is 16.5. The van der Waals surface area contributed by atoms with E-state index in [-0.39, 0.29) is 11.9 Å². The Bertz CT molecular complexity index is 252. The van der Waals surface area contributed by atoms with Gasteiger partial charge in [0, 0.05) is 27.4 Å². The van der Waals surface area contributed by atoms with Crippen molar-refractivity contribution in [1.82, 2.24) is 4.90 Å². The normalized spacial score (nSPS) is 9.57. The number of esters is 1. The summed E-state index contributed by atoms with van der Waals surface area (Å²) < 4.78 is 4.58. The van der Waals surface area contributed by atoms with Gasteiger partial charge in [0.15, 0.2) is 0 Å². The summed E-state index contributed by atoms with van der Waals surface area (Å²) >= 11 is 0. The van der Waals surface area contributed by atoms with Crippen molar-refractivity contribution in [2.75, 3.05) is 21.2 Å². The number of amides is 1. The molecule has 0 atom stereocenters. The first-order chi connectivity index (χ1) is 9.95. The molecular weight excluding hydrogens is 266 g/mol. The van der Waals surface area contributed by atoms with Gasteiger partial charge in [-0.15, -0.1) is 0 Å². The molecule has 0 aromatic carbocycles. The second-order valence-electron chi connectivity index (χ2n) is 5.57. The zero-order chi connectivity index (χ0) is 16.5. The molecule has 4 heteroatoms. The zero-order valence-electron chi connectivity index (χ0n) is 14.7. The molecule has 0 N–H and O–H groups in total. The Labute approximate surface area is 131 Å². The molecule has 0 bridgehead atoms. The second-order valence-corrected chi connectivity index (χ2v) is 5.57. The van der Waals surface area contributed by atoms with Gasteiger partial charge in [-0.2, -0.15) is 0 Å². The fourth-order valence-electron chi connectivity index (χ4n) is 1.68. The molecule has 126 valence electrons. The molecule has 0 aromatic rings. The molecule has 0 spiro atoms. The van der Waals surface area contributed by atoms with E-state index in [1.807, 2.05) is 0 Å². The molecule has 1 amide bonds. The van der Waals surface area contributed by atoms with Crippen LogP contribution in [0.3, 0.4) is 0 Å². The standard InChI is InChI=1S/C13H26O2.C4H9NO/c1-3-4-5-6-7-8-9-10-11-12-13(14)15-2;1-4(6)5(2)3/h3-12H2,1-2H3;1-3H3. The highest BCUT2D eigenvalue weighted by Gasteiger charge is 1.98. The Kier molecular flexibility index (Phi) is 18.0. The molecule has 0 saturated heterocycles. The third-order valence-electron chi connectivity index (χ3n) is 3.34. The first-order valence-corrected chi connectivity index (χ1v) is 8.20. The van der Waals surface area contributed by atoms with Crippen molar-refractivity contribution >= 4 is 11.9 Å². The summed E-state index contributed by atoms with van der Waals surface area (Å²) in [5, 5.41) is 0. The molecule has 0 aliphatic rings. The SMILES string of the molecule is CC(=O)N(C)C.CCCCCCCCCCCC(=O)OC. The van der Waals surface area contributed by atoms with E-state index in [1.165, 1.54) is 70.3 Å². The van der Waals surface area contributed by atoms with Crippen LogP contribution in [0.1, 0.15) is 78.1 Å². The number of hydrogen-bond acceptors (Lipinski definition) is 3. The molecule has 21 heavy (non-hydrogen) atoms. The third-order valence-corrected chi connectivity index (χ3v) is 3.34. The van der Waals surface area contributed by atoms with Crippen LogP contribution in [-0.2, 0) is 14.3 Å². The van der Waals surface area contributed by atoms with Crippen molar-refractivity contribution in [3.8, 4) is 0 Å². The van der Waals surface area contributed by atoms with Gasteiger partial charge in [-0.3, -0.25) is 9.59 Å². The summed E-state index contributed by atoms with van der Waals surface area (Å²) in [6.07, 6.45) is 12.2. The summed E-state index contributed by atoms with van der Waals surface area (Å²) in [6, 6.07) is 0. The van der Waals surface area contributed by atoms with E-state index in [4.69, 9.17) is 0 Å². The molecule has 0 aromatic heterocycles. The Hall–Kier alpha value is -1.06. The second kappa shape index (κ2) is 17.0. The maximum absolute atomic E-state index is 10.8. The largest absolute Gasteiger partial charge is 0.469 e. The number of unbranched alkanes of at least 4 members (excludes halogenated alkanes) is 8. The molecule has 4 nitrogen and oxygen atoms in total. The van der Waals surface area contributed by atoms with E-state index in [0.29, 0.717) is 6.42 Å². The Morgan fingerprint density at radius 1 is 0.857 bits per heavy atom. The van der Waals surface area contributed by atoms with Crippen LogP contribution in [0.4, 0.5) is 0 Å². The lowest BCUT2D eigenvalue weighted by molar-refractivity contribution is -0.140. The van der Waals surface area contributed by atoms with E-state index < -0.39 is 0 Å². The molecule has 0 unspecified atom stereocenters. The van der Waals surface area contributed by atoms with Gasteiger partial charge in [-0.25, -0.2) is 0 Å². The quantitative estimate of drug-likeness (QED) is 0.449. The number of nitrogens with zero attached hydrogens (tertiary/aromatic N) is 1. The van der Waals surface area contributed by atoms with Gasteiger partial charge >= 0.3 is 5.97 Å². The number of methoxy groups -OCH3 is 1. The minimum atomic E-state index is -0.0713. The lowest BCUT2D eigenvalue weighted by Crippen LogP contribution is -2.17. The molecule has 0 aliphatic heterocycles. The van der Waals surface area contributed by atoms with Crippen molar-refractivity contribution in [2.24, 2.45) is 0 Å². The van der Waals surface area contributed by atoms with E-state index in [2.05, 4.69) is 11.7 Å². The van der Waals surface area contributed by atoms with Crippen molar-refractivity contribution in [1.29, 1.82) is 0 Å². The molecular formula is C17H35NO3. The van der Waals surface area contributed by atoms with Crippen LogP contribution in [0, 0.1) is 0 Å². The van der Waals surface area contributed by atoms with Crippen LogP contribution in [0.5, 0.6) is 0 Å². The summed E-state index contributed by atoms with van der Waals surface area (Å²) in [6.45, 7) is 3.77. The highest BCUT2D eigenvalue weighted by Crippen LogP contribution is 2.10. The number of hydrogen-bond donors (Lipinski definition) is 0. The van der Waals surface area contributed by atoms with Gasteiger partial charge in [0.25, 0.3) is 0 Å². The van der Waals surface area contributed by atoms with Crippen LogP contribution < -0.4 is 0 Å². The Morgan fingerprint density at radius 3 is 1.57 bits per heavy atom. The Balaban J connectivity index is 0. The Morgan fingerprint density at radius 2 is 1.24 bits per heavy atom. The molecule has 0 rings (SSSR count). The zero-order valence-corrected chi connectivity index (χ0v) is 14.7. The molecule has 0 saturated carbocycles. The minimum Gasteiger partial charge on any atom is -0.469 e. The van der Waals surface area contributed by atoms with Gasteiger partial charge in [0.2, 0.25) is 5.91 Å². The van der Waals surface area contributed by atoms with Gasteiger partial charge in [0.05, 0.1) is 7.11 Å². The summed E-state index contributed by atoms with van der Waals surface area (Å²) in [5.74, 6) is 0.0212. The average Bonchev–Trinajstić information content (AvgIpc) is 2.45. The third kappa shape index (κ3) is 21.4. The summed E-state index contributed by atoms with van der Waals surface area (Å²) in [7, 11) is 4.90. The van der Waals surface area contributed by atoms with E-state index in [1.54, 1.807) is 14.1 Å². The van der Waals surface area contributed by atoms with Crippen LogP contribution in [0.15, 0.2) is 0 Å². The molecule has 0 heterocycles. The van der Waals surface area contributed by atoms with Gasteiger partial charge in [-0.1, -0.05) is 58.3 Å². The van der Waals surface area contributed by atoms with Crippen molar-refractivity contribution < 1.29 is 14.3 Å². The van der Waals surface area contributed by atoms with E-state index in [9.17, 15) is 9.59 Å². The van der Waals surface area contributed by atoms with E-state index >= 15 is 0 Å². The number of ether oxygens (including phenoxy) is 1. The van der Waals surface area contributed by atoms with Gasteiger partial charge in [-0.05, 0) is 6.42 Å². The van der Waals surface area contributed by atoms with Gasteiger partial charge < -0.3 is 9.64 Å². The summed E-state index contributed by atoms with van der Waals surface area (Å²) in [4.78, 5) is 22.4. The maximum Gasteiger partial charge on any atom is 0.305 e. The first-order valence-electron chi connectivity index (χ1n) is 8.20. The molecule has 0 fully saturated rings. The first kappa shape index (κ1) is 22.2. The molecule has 0 aliphatic carbocycles. The number of carbonyl (C=O) groups is 2. The minimum absolute atomic E-state index is 0.0713. The van der Waals surface area contributed by atoms with Crippen LogP contribution in [-0.4, -0.2) is 38.0 Å². The fraction of sp³-hybridized carbons (Fsp3) is 0.882. The summed E-state index contributed by atoms with van der Waals surface area (Å²) in [5.41, 5.74) is 0. The highest BCUT2D eigenvalue weighted by molar-refractivity contribution is 5.72. The average molecular weight is 301 g/mol. The van der Waals surface area contributed by atoms with Gasteiger partial charge in [0.1, 0.15) is 0 Å². The van der Waals surface area contributed by atoms with Crippen molar-refractivity contribution in [3.05, 3.63) is 0 Å². The predicted molar refractivity (Wildman–Crippen MR) is 88.2 cm³/mol. The van der Waals surface area contributed by atoms with Crippen molar-refractivity contribution in [3.63, 3.8) is 0 Å². The lowest BCUT2D eigenvalue weighted by Gasteiger charge is -2.02. The maximum atomic E-state index is 10.8. The molecule has 0 radical (unpaired) electrons. The smallest absolute Gasteiger partial charge is 0.305 e. The van der Waals surface area contributed by atoms with Crippen LogP contribution in [0.2, 0.25) is 0 Å². The van der Waals surface area contributed by atoms with E-state index in [0.717, 1.165) is 6.42 Å². The number of rotatable bonds is 10. The topological polar surface area (TPSA) is 46.6 Å². The van der Waals surface area contributed by atoms with Crippen molar-refractivity contribution in [2.45, 2.75) is 78.1 Å². The fourth-order valence-corrected chi connectivity index (χ4v) is 1.68. The van der Waals surface area contributed by atoms with Crippen LogP contribution >= 0.6 is 0 Å². The van der Waals surface area contributed by atoms with Crippen LogP contribution in [0.25, 0.3) is 0 Å².